The largest absolute Gasteiger partial charge is 0.416 e. The molecule has 0 spiro atoms. The highest BCUT2D eigenvalue weighted by molar-refractivity contribution is 7.92. The quantitative estimate of drug-likeness (QED) is 0.530. The summed E-state index contributed by atoms with van der Waals surface area (Å²) in [7, 11) is -4.08. The Labute approximate surface area is 174 Å². The number of rotatable bonds is 5. The van der Waals surface area contributed by atoms with E-state index in [1.807, 2.05) is 0 Å². The number of hydrogen-bond donors (Lipinski definition) is 1. The van der Waals surface area contributed by atoms with Crippen molar-refractivity contribution in [1.29, 1.82) is 0 Å². The summed E-state index contributed by atoms with van der Waals surface area (Å²) in [5.74, 6) is -0.211. The van der Waals surface area contributed by atoms with Crippen LogP contribution >= 0.6 is 23.2 Å². The maximum absolute atomic E-state index is 13.3. The molecule has 11 heteroatoms. The van der Waals surface area contributed by atoms with E-state index in [1.165, 1.54) is 42.5 Å². The Morgan fingerprint density at radius 2 is 1.62 bits per heavy atom. The summed E-state index contributed by atoms with van der Waals surface area (Å²) in [5, 5.41) is 0.185. The summed E-state index contributed by atoms with van der Waals surface area (Å²) in [6.07, 6.45) is -3.89. The van der Waals surface area contributed by atoms with Crippen LogP contribution in [0.15, 0.2) is 59.8 Å². The molecule has 1 N–H and O–H groups in total. The van der Waals surface area contributed by atoms with E-state index in [4.69, 9.17) is 23.2 Å². The van der Waals surface area contributed by atoms with Crippen LogP contribution < -0.4 is 4.72 Å². The van der Waals surface area contributed by atoms with Gasteiger partial charge in [-0.05, 0) is 35.9 Å². The molecule has 0 fully saturated rings. The van der Waals surface area contributed by atoms with Gasteiger partial charge in [0.15, 0.2) is 0 Å². The Bertz CT molecular complexity index is 1140. The van der Waals surface area contributed by atoms with Gasteiger partial charge >= 0.3 is 6.18 Å². The summed E-state index contributed by atoms with van der Waals surface area (Å²) < 4.78 is 67.4. The van der Waals surface area contributed by atoms with Gasteiger partial charge < -0.3 is 0 Å². The zero-order valence-electron chi connectivity index (χ0n) is 14.4. The molecule has 0 bridgehead atoms. The molecule has 29 heavy (non-hydrogen) atoms. The summed E-state index contributed by atoms with van der Waals surface area (Å²) in [5.41, 5.74) is -0.932. The van der Waals surface area contributed by atoms with Crippen LogP contribution in [0.3, 0.4) is 0 Å². The number of hydrogen-bond acceptors (Lipinski definition) is 4. The van der Waals surface area contributed by atoms with Crippen molar-refractivity contribution in [2.45, 2.75) is 17.5 Å². The molecule has 1 heterocycles. The molecular weight excluding hydrogens is 450 g/mol. The lowest BCUT2D eigenvalue weighted by atomic mass is 10.0. The topological polar surface area (TPSA) is 72.0 Å². The Kier molecular flexibility index (Phi) is 6.02. The van der Waals surface area contributed by atoms with E-state index in [2.05, 4.69) is 14.7 Å². The van der Waals surface area contributed by atoms with Gasteiger partial charge in [-0.25, -0.2) is 18.4 Å². The molecular formula is C18H12Cl2F3N3O2S. The van der Waals surface area contributed by atoms with Crippen LogP contribution in [0.4, 0.5) is 19.0 Å². The average Bonchev–Trinajstić information content (AvgIpc) is 2.64. The Hall–Kier alpha value is -2.36. The number of nitrogens with zero attached hydrogens (tertiary/aromatic N) is 2. The number of alkyl halides is 3. The number of halogens is 5. The highest BCUT2D eigenvalue weighted by Gasteiger charge is 2.33. The Balaban J connectivity index is 2.00. The third-order valence-electron chi connectivity index (χ3n) is 3.94. The maximum atomic E-state index is 13.3. The predicted octanol–water partition coefficient (Wildman–Crippen LogP) is 5.19. The highest BCUT2D eigenvalue weighted by Crippen LogP contribution is 2.34. The molecule has 3 aromatic rings. The van der Waals surface area contributed by atoms with Gasteiger partial charge in [0.25, 0.3) is 10.0 Å². The van der Waals surface area contributed by atoms with E-state index >= 15 is 0 Å². The van der Waals surface area contributed by atoms with Crippen LogP contribution in [-0.4, -0.2) is 18.4 Å². The minimum atomic E-state index is -4.58. The van der Waals surface area contributed by atoms with Crippen molar-refractivity contribution in [3.8, 4) is 0 Å². The Morgan fingerprint density at radius 3 is 2.28 bits per heavy atom. The van der Waals surface area contributed by atoms with Crippen molar-refractivity contribution < 1.29 is 21.6 Å². The van der Waals surface area contributed by atoms with Crippen molar-refractivity contribution in [3.63, 3.8) is 0 Å². The number of anilines is 1. The van der Waals surface area contributed by atoms with Gasteiger partial charge in [-0.2, -0.15) is 13.2 Å². The fourth-order valence-corrected chi connectivity index (χ4v) is 3.95. The zero-order chi connectivity index (χ0) is 21.2. The fraction of sp³-hybridized carbons (Fsp3) is 0.111. The number of nitrogens with one attached hydrogen (secondary N) is 1. The third kappa shape index (κ3) is 4.98. The first kappa shape index (κ1) is 21.4. The van der Waals surface area contributed by atoms with Gasteiger partial charge in [0, 0.05) is 17.0 Å². The molecule has 0 atom stereocenters. The van der Waals surface area contributed by atoms with Crippen LogP contribution in [0, 0.1) is 0 Å². The zero-order valence-corrected chi connectivity index (χ0v) is 16.7. The van der Waals surface area contributed by atoms with Crippen LogP contribution in [-0.2, 0) is 22.6 Å². The maximum Gasteiger partial charge on any atom is 0.416 e. The van der Waals surface area contributed by atoms with Gasteiger partial charge in [0.2, 0.25) is 0 Å². The van der Waals surface area contributed by atoms with E-state index in [0.29, 0.717) is 5.02 Å². The molecule has 5 nitrogen and oxygen atoms in total. The molecule has 152 valence electrons. The molecule has 3 rings (SSSR count). The average molecular weight is 462 g/mol. The molecule has 1 aromatic heterocycles. The molecule has 0 radical (unpaired) electrons. The molecule has 0 amide bonds. The summed E-state index contributed by atoms with van der Waals surface area (Å²) in [4.78, 5) is 7.53. The van der Waals surface area contributed by atoms with Crippen molar-refractivity contribution in [2.75, 3.05) is 4.72 Å². The predicted molar refractivity (Wildman–Crippen MR) is 104 cm³/mol. The number of benzene rings is 2. The summed E-state index contributed by atoms with van der Waals surface area (Å²) >= 11 is 11.8. The first-order valence-electron chi connectivity index (χ1n) is 8.01. The SMILES string of the molecule is O=S(=O)(Nc1ncnc(Cl)c1Cc1ccccc1C(F)(F)F)c1ccc(Cl)cc1. The monoisotopic (exact) mass is 461 g/mol. The van der Waals surface area contributed by atoms with Gasteiger partial charge in [-0.3, -0.25) is 4.72 Å². The molecule has 2 aromatic carbocycles. The summed E-state index contributed by atoms with van der Waals surface area (Å²) in [6.45, 7) is 0. The lowest BCUT2D eigenvalue weighted by Gasteiger charge is -2.15. The van der Waals surface area contributed by atoms with E-state index < -0.39 is 21.8 Å². The standard InChI is InChI=1S/C18H12Cl2F3N3O2S/c19-12-5-7-13(8-6-12)29(27,28)26-17-14(16(20)24-10-25-17)9-11-3-1-2-4-15(11)18(21,22)23/h1-8,10H,9H2,(H,24,25,26). The Morgan fingerprint density at radius 1 is 0.966 bits per heavy atom. The van der Waals surface area contributed by atoms with Crippen molar-refractivity contribution in [1.82, 2.24) is 9.97 Å². The van der Waals surface area contributed by atoms with Crippen molar-refractivity contribution in [3.05, 3.63) is 81.7 Å². The molecule has 0 saturated heterocycles. The van der Waals surface area contributed by atoms with Crippen LogP contribution in [0.1, 0.15) is 16.7 Å². The van der Waals surface area contributed by atoms with Gasteiger partial charge in [-0.1, -0.05) is 41.4 Å². The molecule has 0 unspecified atom stereocenters. The first-order chi connectivity index (χ1) is 13.6. The van der Waals surface area contributed by atoms with E-state index in [9.17, 15) is 21.6 Å². The van der Waals surface area contributed by atoms with Gasteiger partial charge in [0.05, 0.1) is 10.5 Å². The van der Waals surface area contributed by atoms with Crippen molar-refractivity contribution >= 4 is 39.0 Å². The van der Waals surface area contributed by atoms with Crippen molar-refractivity contribution in [2.24, 2.45) is 0 Å². The van der Waals surface area contributed by atoms with Crippen LogP contribution in [0.25, 0.3) is 0 Å². The highest BCUT2D eigenvalue weighted by atomic mass is 35.5. The smallest absolute Gasteiger partial charge is 0.263 e. The number of aromatic nitrogens is 2. The second-order valence-corrected chi connectivity index (χ2v) is 8.36. The number of sulfonamides is 1. The minimum Gasteiger partial charge on any atom is -0.263 e. The van der Waals surface area contributed by atoms with Crippen LogP contribution in [0.2, 0.25) is 10.2 Å². The normalized spacial score (nSPS) is 12.0. The lowest BCUT2D eigenvalue weighted by Crippen LogP contribution is -2.16. The molecule has 0 aliphatic heterocycles. The minimum absolute atomic E-state index is 0.0170. The third-order valence-corrected chi connectivity index (χ3v) is 5.87. The van der Waals surface area contributed by atoms with E-state index in [-0.39, 0.29) is 33.4 Å². The fourth-order valence-electron chi connectivity index (χ4n) is 2.58. The second kappa shape index (κ2) is 8.17. The van der Waals surface area contributed by atoms with E-state index in [0.717, 1.165) is 12.4 Å². The second-order valence-electron chi connectivity index (χ2n) is 5.88. The first-order valence-corrected chi connectivity index (χ1v) is 10.2. The lowest BCUT2D eigenvalue weighted by molar-refractivity contribution is -0.138. The van der Waals surface area contributed by atoms with Gasteiger partial charge in [0.1, 0.15) is 17.3 Å². The van der Waals surface area contributed by atoms with Gasteiger partial charge in [-0.15, -0.1) is 0 Å². The van der Waals surface area contributed by atoms with Crippen LogP contribution in [0.5, 0.6) is 0 Å². The summed E-state index contributed by atoms with van der Waals surface area (Å²) in [6, 6.07) is 10.3. The molecule has 0 saturated carbocycles. The molecule has 0 aliphatic rings. The van der Waals surface area contributed by atoms with E-state index in [1.54, 1.807) is 0 Å². The molecule has 0 aliphatic carbocycles.